The highest BCUT2D eigenvalue weighted by atomic mass is 127. The molecule has 22 heteroatoms. The number of rotatable bonds is 34. The van der Waals surface area contributed by atoms with Crippen molar-refractivity contribution in [2.45, 2.75) is 249 Å². The van der Waals surface area contributed by atoms with Gasteiger partial charge in [-0.25, -0.2) is 9.59 Å². The lowest BCUT2D eigenvalue weighted by Crippen LogP contribution is -2.48. The number of amides is 5. The predicted molar refractivity (Wildman–Crippen MR) is 326 cm³/mol. The van der Waals surface area contributed by atoms with Gasteiger partial charge >= 0.3 is 30.5 Å². The van der Waals surface area contributed by atoms with Crippen LogP contribution >= 0.6 is 22.6 Å². The molecule has 5 N–H and O–H groups in total. The van der Waals surface area contributed by atoms with E-state index < -0.39 is 46.9 Å². The number of ether oxygens (including phenoxy) is 2. The van der Waals surface area contributed by atoms with Crippen LogP contribution in [0.4, 0.5) is 4.79 Å². The summed E-state index contributed by atoms with van der Waals surface area (Å²) >= 11 is 2.21. The van der Waals surface area contributed by atoms with E-state index in [4.69, 9.17) is 38.2 Å². The lowest BCUT2D eigenvalue weighted by Gasteiger charge is -2.35. The molecule has 5 amide bonds. The van der Waals surface area contributed by atoms with Gasteiger partial charge in [0.1, 0.15) is 17.0 Å². The molecule has 0 aliphatic carbocycles. The van der Waals surface area contributed by atoms with Crippen molar-refractivity contribution in [1.82, 2.24) is 26.6 Å². The summed E-state index contributed by atoms with van der Waals surface area (Å²) in [4.78, 5) is 154. The molecule has 0 unspecified atom stereocenters. The SMILES string of the molecule is CC(C)(C)CC[C@H](CC(=O)N[C@@H](CCC(=O)NCCCCCCCC(=O)C[C@@H](CCCCNC(=O)OC(C)(C)C)C(=O)N[C@@H](CCCCNC(=O)Cc1ccc(I)cc1)C(=O)C(=O)OC(C)(C)C)C(C)(C)C)C(C)(C)C.O=C=O.O=C=O.O=C=O. The standard InChI is InChI=1S/C60H102IN5O10.3CO2/c1-56(2,3)35-34-44(57(4,5)6)41-51(70)66-48(58(7,8)9)32-33-49(68)62-36-22-18-16-17-19-26-46(67)40-43(25-20-23-38-64-55(74)76-60(13,14)15)53(72)65-47(52(71)54(73)75-59(10,11)12)27-21-24-37-63-50(69)39-42-28-30-45(61)31-29-42;3*2-1-3/h28-31,43-44,47-48H,16-27,32-41H2,1-15H3,(H,62,68)(H,63,69)(H,64,74)(H,65,72)(H,66,70);;;/t43-,44-,47+,48+;;;/m1.../s1. The van der Waals surface area contributed by atoms with Gasteiger partial charge in [-0.1, -0.05) is 100 Å². The van der Waals surface area contributed by atoms with E-state index in [9.17, 15) is 38.4 Å². The molecular formula is C63H102IN5O16. The van der Waals surface area contributed by atoms with Crippen LogP contribution in [0.3, 0.4) is 0 Å². The average Bonchev–Trinajstić information content (AvgIpc) is 3.48. The van der Waals surface area contributed by atoms with Gasteiger partial charge in [-0.05, 0) is 168 Å². The predicted octanol–water partition coefficient (Wildman–Crippen LogP) is 9.68. The van der Waals surface area contributed by atoms with Crippen molar-refractivity contribution < 1.29 is 76.6 Å². The highest BCUT2D eigenvalue weighted by molar-refractivity contribution is 14.1. The molecule has 482 valence electrons. The molecule has 1 aromatic rings. The van der Waals surface area contributed by atoms with Gasteiger partial charge in [0, 0.05) is 60.8 Å². The number of nitrogens with one attached hydrogen (secondary N) is 5. The second-order valence-electron chi connectivity index (χ2n) is 26.4. The number of unbranched alkanes of at least 4 members (excludes halogenated alkanes) is 6. The van der Waals surface area contributed by atoms with Gasteiger partial charge in [-0.3, -0.25) is 28.8 Å². The molecule has 0 aliphatic rings. The van der Waals surface area contributed by atoms with E-state index in [2.05, 4.69) is 111 Å². The fourth-order valence-corrected chi connectivity index (χ4v) is 8.88. The van der Waals surface area contributed by atoms with E-state index in [-0.39, 0.29) is 95.8 Å². The van der Waals surface area contributed by atoms with Crippen LogP contribution in [0.1, 0.15) is 225 Å². The Labute approximate surface area is 519 Å². The molecule has 0 saturated carbocycles. The first-order chi connectivity index (χ1) is 39.3. The Balaban J connectivity index is -0.00000698. The number of carbonyl (C=O) groups excluding carboxylic acids is 14. The van der Waals surface area contributed by atoms with E-state index in [1.54, 1.807) is 41.5 Å². The van der Waals surface area contributed by atoms with Crippen LogP contribution in [-0.4, -0.2) is 109 Å². The molecular weight excluding hydrogens is 1210 g/mol. The molecule has 0 bridgehead atoms. The van der Waals surface area contributed by atoms with Crippen LogP contribution in [0, 0.1) is 31.7 Å². The number of Topliss-reactive ketones (excluding diaryl/α,β-unsaturated/α-hetero) is 2. The fraction of sp³-hybridized carbons (Fsp3) is 0.730. The maximum atomic E-state index is 14.0. The summed E-state index contributed by atoms with van der Waals surface area (Å²) in [5, 5.41) is 14.7. The number of hydrogen-bond acceptors (Lipinski definition) is 16. The van der Waals surface area contributed by atoms with Crippen molar-refractivity contribution in [3.05, 3.63) is 33.4 Å². The third-order valence-electron chi connectivity index (χ3n) is 13.1. The van der Waals surface area contributed by atoms with Crippen LogP contribution in [0.5, 0.6) is 0 Å². The third kappa shape index (κ3) is 48.9. The third-order valence-corrected chi connectivity index (χ3v) is 13.9. The number of halogens is 1. The van der Waals surface area contributed by atoms with Crippen molar-refractivity contribution in [3.8, 4) is 0 Å². The highest BCUT2D eigenvalue weighted by Gasteiger charge is 2.34. The Morgan fingerprint density at radius 1 is 0.506 bits per heavy atom. The van der Waals surface area contributed by atoms with Crippen LogP contribution in [0.25, 0.3) is 0 Å². The lowest BCUT2D eigenvalue weighted by atomic mass is 9.73. The molecule has 4 atom stereocenters. The normalized spacial score (nSPS) is 12.7. The zero-order valence-corrected chi connectivity index (χ0v) is 55.7. The number of hydrogen-bond donors (Lipinski definition) is 5. The Hall–Kier alpha value is -5.95. The molecule has 0 aliphatic heterocycles. The smallest absolute Gasteiger partial charge is 0.407 e. The number of ketones is 2. The van der Waals surface area contributed by atoms with Crippen LogP contribution < -0.4 is 26.6 Å². The summed E-state index contributed by atoms with van der Waals surface area (Å²) in [5.41, 5.74) is -0.723. The van der Waals surface area contributed by atoms with E-state index in [1.807, 2.05) is 24.3 Å². The first-order valence-electron chi connectivity index (χ1n) is 29.4. The average molecular weight is 1310 g/mol. The maximum absolute atomic E-state index is 14.0. The van der Waals surface area contributed by atoms with Crippen molar-refractivity contribution in [2.24, 2.45) is 28.1 Å². The molecule has 1 rings (SSSR count). The molecule has 0 aromatic heterocycles. The second kappa shape index (κ2) is 44.5. The van der Waals surface area contributed by atoms with Gasteiger partial charge in [-0.2, -0.15) is 28.8 Å². The van der Waals surface area contributed by atoms with Gasteiger partial charge in [0.2, 0.25) is 23.6 Å². The Kier molecular flexibility index (Phi) is 43.6. The molecule has 21 nitrogen and oxygen atoms in total. The van der Waals surface area contributed by atoms with Gasteiger partial charge < -0.3 is 36.1 Å². The summed E-state index contributed by atoms with van der Waals surface area (Å²) in [5.74, 6) is -3.23. The molecule has 85 heavy (non-hydrogen) atoms. The minimum absolute atomic E-state index is 0.00393. The van der Waals surface area contributed by atoms with Gasteiger partial charge in [0.25, 0.3) is 5.78 Å². The molecule has 0 spiro atoms. The lowest BCUT2D eigenvalue weighted by molar-refractivity contribution is -0.193. The summed E-state index contributed by atoms with van der Waals surface area (Å²) in [6.45, 7) is 31.0. The van der Waals surface area contributed by atoms with E-state index >= 15 is 0 Å². The number of carbonyl (C=O) groups is 8. The molecule has 0 saturated heterocycles. The van der Waals surface area contributed by atoms with E-state index in [0.717, 1.165) is 47.7 Å². The van der Waals surface area contributed by atoms with Crippen LogP contribution in [0.15, 0.2) is 24.3 Å². The number of alkyl carbamates (subject to hydrolysis) is 1. The fourth-order valence-electron chi connectivity index (χ4n) is 8.52. The summed E-state index contributed by atoms with van der Waals surface area (Å²) in [6.07, 6.45) is 10.3. The van der Waals surface area contributed by atoms with Crippen molar-refractivity contribution >= 4 is 88.3 Å². The summed E-state index contributed by atoms with van der Waals surface area (Å²) in [6, 6.07) is 6.34. The molecule has 0 fully saturated rings. The van der Waals surface area contributed by atoms with Crippen molar-refractivity contribution in [1.29, 1.82) is 0 Å². The largest absolute Gasteiger partial charge is 0.454 e. The maximum Gasteiger partial charge on any atom is 0.407 e. The van der Waals surface area contributed by atoms with Crippen LogP contribution in [0.2, 0.25) is 0 Å². The second-order valence-corrected chi connectivity index (χ2v) is 27.7. The summed E-state index contributed by atoms with van der Waals surface area (Å²) < 4.78 is 11.8. The zero-order valence-electron chi connectivity index (χ0n) is 53.6. The van der Waals surface area contributed by atoms with Crippen molar-refractivity contribution in [3.63, 3.8) is 0 Å². The number of benzene rings is 1. The summed E-state index contributed by atoms with van der Waals surface area (Å²) in [7, 11) is 0. The van der Waals surface area contributed by atoms with Gasteiger partial charge in [-0.15, -0.1) is 0 Å². The first-order valence-corrected chi connectivity index (χ1v) is 30.5. The Bertz CT molecular complexity index is 2240. The molecule has 0 radical (unpaired) electrons. The molecule has 0 heterocycles. The highest BCUT2D eigenvalue weighted by Crippen LogP contribution is 2.36. The van der Waals surface area contributed by atoms with E-state index in [1.165, 1.54) is 0 Å². The first kappa shape index (κ1) is 83.3. The Morgan fingerprint density at radius 3 is 1.49 bits per heavy atom. The quantitative estimate of drug-likeness (QED) is 0.0185. The Morgan fingerprint density at radius 2 is 0.988 bits per heavy atom. The van der Waals surface area contributed by atoms with Crippen LogP contribution in [-0.2, 0) is 78.2 Å². The van der Waals surface area contributed by atoms with E-state index in [0.29, 0.717) is 77.4 Å². The zero-order chi connectivity index (χ0) is 66.0. The minimum Gasteiger partial charge on any atom is -0.454 e. The van der Waals surface area contributed by atoms with Gasteiger partial charge in [0.15, 0.2) is 0 Å². The monoisotopic (exact) mass is 1310 g/mol. The number of esters is 1. The van der Waals surface area contributed by atoms with Crippen molar-refractivity contribution in [2.75, 3.05) is 19.6 Å². The topological polar surface area (TPSA) is 318 Å². The van der Waals surface area contributed by atoms with Gasteiger partial charge in [0.05, 0.1) is 12.5 Å². The minimum atomic E-state index is -1.20. The molecule has 1 aromatic carbocycles.